The normalized spacial score (nSPS) is 18.2. The lowest BCUT2D eigenvalue weighted by Gasteiger charge is -2.21. The summed E-state index contributed by atoms with van der Waals surface area (Å²) < 4.78 is 3.51. The molecule has 1 fully saturated rings. The van der Waals surface area contributed by atoms with E-state index < -0.39 is 0 Å². The summed E-state index contributed by atoms with van der Waals surface area (Å²) in [7, 11) is 0. The smallest absolute Gasteiger partial charge is 0.316 e. The van der Waals surface area contributed by atoms with E-state index >= 15 is 0 Å². The Kier molecular flexibility index (Phi) is 5.28. The van der Waals surface area contributed by atoms with Crippen LogP contribution in [-0.2, 0) is 19.5 Å². The van der Waals surface area contributed by atoms with E-state index in [0.29, 0.717) is 19.0 Å². The van der Waals surface area contributed by atoms with Crippen molar-refractivity contribution in [3.8, 4) is 0 Å². The van der Waals surface area contributed by atoms with Gasteiger partial charge in [-0.2, -0.15) is 5.10 Å². The molecule has 0 radical (unpaired) electrons. The Bertz CT molecular complexity index is 668. The molecular formula is C18H26N4O. The Labute approximate surface area is 137 Å². The van der Waals surface area contributed by atoms with Crippen LogP contribution in [0, 0.1) is 0 Å². The van der Waals surface area contributed by atoms with Gasteiger partial charge in [-0.15, -0.1) is 0 Å². The quantitative estimate of drug-likeness (QED) is 0.889. The molecule has 23 heavy (non-hydrogen) atoms. The largest absolute Gasteiger partial charge is 0.345 e. The van der Waals surface area contributed by atoms with E-state index in [1.807, 2.05) is 17.6 Å². The van der Waals surface area contributed by atoms with Crippen LogP contribution in [0.2, 0.25) is 0 Å². The zero-order valence-corrected chi connectivity index (χ0v) is 13.9. The second-order valence-corrected chi connectivity index (χ2v) is 6.24. The summed E-state index contributed by atoms with van der Waals surface area (Å²) in [5.41, 5.74) is 1.35. The molecule has 2 aromatic rings. The summed E-state index contributed by atoms with van der Waals surface area (Å²) in [6, 6.07) is 10.4. The molecule has 1 saturated heterocycles. The average Bonchev–Trinajstić information content (AvgIpc) is 2.93. The number of aromatic nitrogens is 3. The van der Waals surface area contributed by atoms with Crippen molar-refractivity contribution >= 4 is 0 Å². The lowest BCUT2D eigenvalue weighted by Crippen LogP contribution is -2.31. The van der Waals surface area contributed by atoms with Crippen molar-refractivity contribution in [2.75, 3.05) is 13.1 Å². The first kappa shape index (κ1) is 16.0. The summed E-state index contributed by atoms with van der Waals surface area (Å²) in [4.78, 5) is 12.5. The third kappa shape index (κ3) is 3.72. The SMILES string of the molecule is CCn1c(C2CCCNC2)nn(CCCc2ccccc2)c1=O. The number of aryl methyl sites for hydroxylation is 2. The molecule has 1 unspecified atom stereocenters. The van der Waals surface area contributed by atoms with Gasteiger partial charge in [0, 0.05) is 25.6 Å². The highest BCUT2D eigenvalue weighted by molar-refractivity contribution is 5.14. The molecule has 5 nitrogen and oxygen atoms in total. The monoisotopic (exact) mass is 314 g/mol. The molecule has 0 amide bonds. The van der Waals surface area contributed by atoms with E-state index in [4.69, 9.17) is 0 Å². The van der Waals surface area contributed by atoms with Gasteiger partial charge in [0.2, 0.25) is 0 Å². The highest BCUT2D eigenvalue weighted by Gasteiger charge is 2.23. The molecule has 2 heterocycles. The molecule has 0 saturated carbocycles. The van der Waals surface area contributed by atoms with E-state index in [-0.39, 0.29) is 5.69 Å². The first-order chi connectivity index (χ1) is 11.3. The van der Waals surface area contributed by atoms with Crippen LogP contribution in [0.5, 0.6) is 0 Å². The van der Waals surface area contributed by atoms with Gasteiger partial charge in [-0.1, -0.05) is 30.3 Å². The number of hydrogen-bond donors (Lipinski definition) is 1. The summed E-state index contributed by atoms with van der Waals surface area (Å²) in [6.07, 6.45) is 4.19. The number of rotatable bonds is 6. The lowest BCUT2D eigenvalue weighted by atomic mass is 9.99. The van der Waals surface area contributed by atoms with Gasteiger partial charge in [0.15, 0.2) is 0 Å². The number of nitrogens with one attached hydrogen (secondary N) is 1. The van der Waals surface area contributed by atoms with Crippen LogP contribution in [0.4, 0.5) is 0 Å². The van der Waals surface area contributed by atoms with Crippen molar-refractivity contribution in [3.05, 3.63) is 52.2 Å². The molecule has 1 aliphatic rings. The highest BCUT2D eigenvalue weighted by atomic mass is 16.2. The standard InChI is InChI=1S/C18H26N4O/c1-2-21-17(16-11-6-12-19-14-16)20-22(18(21)23)13-7-10-15-8-4-3-5-9-15/h3-5,8-9,16,19H,2,6-7,10-14H2,1H3. The van der Waals surface area contributed by atoms with Crippen molar-refractivity contribution in [2.45, 2.75) is 51.6 Å². The van der Waals surface area contributed by atoms with Crippen LogP contribution < -0.4 is 11.0 Å². The molecular weight excluding hydrogens is 288 g/mol. The zero-order chi connectivity index (χ0) is 16.1. The van der Waals surface area contributed by atoms with Crippen LogP contribution in [0.3, 0.4) is 0 Å². The maximum absolute atomic E-state index is 12.5. The fraction of sp³-hybridized carbons (Fsp3) is 0.556. The molecule has 1 N–H and O–H groups in total. The Morgan fingerprint density at radius 2 is 2.13 bits per heavy atom. The van der Waals surface area contributed by atoms with Gasteiger partial charge in [0.05, 0.1) is 0 Å². The predicted octanol–water partition coefficient (Wildman–Crippen LogP) is 2.16. The Morgan fingerprint density at radius 1 is 1.30 bits per heavy atom. The van der Waals surface area contributed by atoms with Gasteiger partial charge in [-0.05, 0) is 44.7 Å². The van der Waals surface area contributed by atoms with Crippen molar-refractivity contribution in [2.24, 2.45) is 0 Å². The second-order valence-electron chi connectivity index (χ2n) is 6.24. The Balaban J connectivity index is 1.69. The summed E-state index contributed by atoms with van der Waals surface area (Å²) >= 11 is 0. The van der Waals surface area contributed by atoms with Gasteiger partial charge >= 0.3 is 5.69 Å². The molecule has 1 atom stereocenters. The van der Waals surface area contributed by atoms with Crippen LogP contribution in [0.15, 0.2) is 35.1 Å². The maximum atomic E-state index is 12.5. The molecule has 1 aromatic heterocycles. The van der Waals surface area contributed by atoms with Crippen molar-refractivity contribution in [1.82, 2.24) is 19.7 Å². The third-order valence-electron chi connectivity index (χ3n) is 4.61. The number of nitrogens with zero attached hydrogens (tertiary/aromatic N) is 3. The molecule has 5 heteroatoms. The lowest BCUT2D eigenvalue weighted by molar-refractivity contribution is 0.430. The van der Waals surface area contributed by atoms with Crippen LogP contribution in [-0.4, -0.2) is 27.4 Å². The topological polar surface area (TPSA) is 51.9 Å². The van der Waals surface area contributed by atoms with Crippen molar-refractivity contribution < 1.29 is 0 Å². The van der Waals surface area contributed by atoms with E-state index in [9.17, 15) is 4.79 Å². The van der Waals surface area contributed by atoms with E-state index in [1.165, 1.54) is 5.56 Å². The van der Waals surface area contributed by atoms with Gasteiger partial charge in [0.25, 0.3) is 0 Å². The Hall–Kier alpha value is -1.88. The molecule has 124 valence electrons. The van der Waals surface area contributed by atoms with E-state index in [2.05, 4.69) is 34.7 Å². The van der Waals surface area contributed by atoms with Gasteiger partial charge in [-0.3, -0.25) is 4.57 Å². The first-order valence-corrected chi connectivity index (χ1v) is 8.71. The van der Waals surface area contributed by atoms with E-state index in [0.717, 1.165) is 44.6 Å². The number of benzene rings is 1. The van der Waals surface area contributed by atoms with Gasteiger partial charge in [0.1, 0.15) is 5.82 Å². The van der Waals surface area contributed by atoms with Gasteiger partial charge in [-0.25, -0.2) is 9.48 Å². The van der Waals surface area contributed by atoms with Crippen molar-refractivity contribution in [1.29, 1.82) is 0 Å². The second kappa shape index (κ2) is 7.59. The zero-order valence-electron chi connectivity index (χ0n) is 13.9. The number of piperidine rings is 1. The minimum atomic E-state index is 0.0427. The Morgan fingerprint density at radius 3 is 2.83 bits per heavy atom. The van der Waals surface area contributed by atoms with E-state index in [1.54, 1.807) is 4.68 Å². The van der Waals surface area contributed by atoms with Crippen LogP contribution >= 0.6 is 0 Å². The molecule has 0 spiro atoms. The molecule has 0 bridgehead atoms. The van der Waals surface area contributed by atoms with Crippen LogP contribution in [0.25, 0.3) is 0 Å². The molecule has 1 aliphatic heterocycles. The van der Waals surface area contributed by atoms with Crippen molar-refractivity contribution in [3.63, 3.8) is 0 Å². The first-order valence-electron chi connectivity index (χ1n) is 8.71. The fourth-order valence-corrected chi connectivity index (χ4v) is 3.35. The minimum absolute atomic E-state index is 0.0427. The minimum Gasteiger partial charge on any atom is -0.316 e. The number of hydrogen-bond acceptors (Lipinski definition) is 3. The van der Waals surface area contributed by atoms with Gasteiger partial charge < -0.3 is 5.32 Å². The fourth-order valence-electron chi connectivity index (χ4n) is 3.35. The summed E-state index contributed by atoms with van der Waals surface area (Å²) in [5, 5.41) is 8.08. The summed E-state index contributed by atoms with van der Waals surface area (Å²) in [5.74, 6) is 1.33. The van der Waals surface area contributed by atoms with Crippen LogP contribution in [0.1, 0.15) is 43.5 Å². The molecule has 0 aliphatic carbocycles. The maximum Gasteiger partial charge on any atom is 0.345 e. The third-order valence-corrected chi connectivity index (χ3v) is 4.61. The predicted molar refractivity (Wildman–Crippen MR) is 91.8 cm³/mol. The molecule has 3 rings (SSSR count). The molecule has 1 aromatic carbocycles. The summed E-state index contributed by atoms with van der Waals surface area (Å²) in [6.45, 7) is 5.42. The highest BCUT2D eigenvalue weighted by Crippen LogP contribution is 2.20. The average molecular weight is 314 g/mol.